The minimum absolute atomic E-state index is 0. The van der Waals surface area contributed by atoms with Crippen molar-refractivity contribution in [2.75, 3.05) is 31.1 Å². The highest BCUT2D eigenvalue weighted by Crippen LogP contribution is 2.16. The molecule has 0 amide bonds. The molecule has 1 fully saturated rings. The van der Waals surface area contributed by atoms with E-state index in [0.29, 0.717) is 0 Å². The number of carbonyl (C=O) groups excluding carboxylic acids is 1. The number of hydrogen-bond donors (Lipinski definition) is 1. The molecule has 2 rings (SSSR count). The molecule has 0 spiro atoms. The number of benzene rings is 1. The van der Waals surface area contributed by atoms with Crippen molar-refractivity contribution >= 4 is 23.9 Å². The first kappa shape index (κ1) is 13.0. The van der Waals surface area contributed by atoms with Crippen LogP contribution in [0.15, 0.2) is 24.3 Å². The van der Waals surface area contributed by atoms with Crippen molar-refractivity contribution in [1.82, 2.24) is 5.32 Å². The third kappa shape index (κ3) is 2.97. The first-order valence-electron chi connectivity index (χ1n) is 5.34. The van der Waals surface area contributed by atoms with Gasteiger partial charge in [-0.15, -0.1) is 12.4 Å². The molecule has 4 heteroatoms. The smallest absolute Gasteiger partial charge is 0.159 e. The number of nitrogens with one attached hydrogen (secondary N) is 1. The first-order valence-corrected chi connectivity index (χ1v) is 5.34. The number of hydrogen-bond acceptors (Lipinski definition) is 3. The molecule has 1 aromatic carbocycles. The molecule has 0 aliphatic carbocycles. The lowest BCUT2D eigenvalue weighted by Gasteiger charge is -2.29. The van der Waals surface area contributed by atoms with Crippen molar-refractivity contribution in [3.05, 3.63) is 29.8 Å². The Morgan fingerprint density at radius 1 is 1.31 bits per heavy atom. The standard InChI is InChI=1S/C12H16N2O.ClH/c1-10(15)11-3-2-4-12(9-11)14-7-5-13-6-8-14;/h2-4,9,13H,5-8H2,1H3;1H. The van der Waals surface area contributed by atoms with Crippen LogP contribution in [-0.2, 0) is 0 Å². The largest absolute Gasteiger partial charge is 0.369 e. The summed E-state index contributed by atoms with van der Waals surface area (Å²) >= 11 is 0. The summed E-state index contributed by atoms with van der Waals surface area (Å²) in [4.78, 5) is 13.6. The average Bonchev–Trinajstić information content (AvgIpc) is 2.30. The van der Waals surface area contributed by atoms with Crippen molar-refractivity contribution in [3.63, 3.8) is 0 Å². The second-order valence-electron chi connectivity index (χ2n) is 3.84. The van der Waals surface area contributed by atoms with Gasteiger partial charge in [-0.05, 0) is 19.1 Å². The van der Waals surface area contributed by atoms with E-state index >= 15 is 0 Å². The van der Waals surface area contributed by atoms with Gasteiger partial charge in [0, 0.05) is 37.4 Å². The molecule has 88 valence electrons. The minimum Gasteiger partial charge on any atom is -0.369 e. The average molecular weight is 241 g/mol. The molecule has 0 unspecified atom stereocenters. The fourth-order valence-corrected chi connectivity index (χ4v) is 1.84. The summed E-state index contributed by atoms with van der Waals surface area (Å²) in [6, 6.07) is 7.87. The summed E-state index contributed by atoms with van der Waals surface area (Å²) < 4.78 is 0. The lowest BCUT2D eigenvalue weighted by Crippen LogP contribution is -2.43. The number of Topliss-reactive ketones (excluding diaryl/α,β-unsaturated/α-hetero) is 1. The number of carbonyl (C=O) groups is 1. The molecule has 1 N–H and O–H groups in total. The molecule has 0 radical (unpaired) electrons. The minimum atomic E-state index is 0. The zero-order valence-electron chi connectivity index (χ0n) is 9.40. The Morgan fingerprint density at radius 2 is 2.00 bits per heavy atom. The third-order valence-corrected chi connectivity index (χ3v) is 2.73. The first-order chi connectivity index (χ1) is 7.27. The van der Waals surface area contributed by atoms with Crippen LogP contribution in [-0.4, -0.2) is 32.0 Å². The van der Waals surface area contributed by atoms with Gasteiger partial charge in [-0.2, -0.15) is 0 Å². The Morgan fingerprint density at radius 3 is 2.62 bits per heavy atom. The molecular formula is C12H17ClN2O. The predicted octanol–water partition coefficient (Wildman–Crippen LogP) is 1.72. The van der Waals surface area contributed by atoms with E-state index < -0.39 is 0 Å². The molecule has 3 nitrogen and oxygen atoms in total. The van der Waals surface area contributed by atoms with E-state index in [1.54, 1.807) is 6.92 Å². The number of halogens is 1. The molecular weight excluding hydrogens is 224 g/mol. The van der Waals surface area contributed by atoms with E-state index in [-0.39, 0.29) is 18.2 Å². The highest BCUT2D eigenvalue weighted by Gasteiger charge is 2.11. The monoisotopic (exact) mass is 240 g/mol. The molecule has 0 atom stereocenters. The van der Waals surface area contributed by atoms with Gasteiger partial charge < -0.3 is 10.2 Å². The number of rotatable bonds is 2. The van der Waals surface area contributed by atoms with E-state index in [4.69, 9.17) is 0 Å². The lowest BCUT2D eigenvalue weighted by atomic mass is 10.1. The summed E-state index contributed by atoms with van der Waals surface area (Å²) in [5.74, 6) is 0.131. The van der Waals surface area contributed by atoms with Crippen molar-refractivity contribution in [1.29, 1.82) is 0 Å². The third-order valence-electron chi connectivity index (χ3n) is 2.73. The summed E-state index contributed by atoms with van der Waals surface area (Å²) in [6.45, 7) is 5.67. The van der Waals surface area contributed by atoms with Crippen LogP contribution in [0.2, 0.25) is 0 Å². The normalized spacial score (nSPS) is 15.4. The Hall–Kier alpha value is -1.06. The van der Waals surface area contributed by atoms with E-state index in [9.17, 15) is 4.79 Å². The Kier molecular flexibility index (Phi) is 4.77. The van der Waals surface area contributed by atoms with E-state index in [2.05, 4.69) is 16.3 Å². The van der Waals surface area contributed by atoms with Gasteiger partial charge in [-0.1, -0.05) is 12.1 Å². The van der Waals surface area contributed by atoms with Gasteiger partial charge >= 0.3 is 0 Å². The molecule has 0 bridgehead atoms. The topological polar surface area (TPSA) is 32.3 Å². The highest BCUT2D eigenvalue weighted by molar-refractivity contribution is 5.94. The second kappa shape index (κ2) is 5.87. The van der Waals surface area contributed by atoms with Crippen LogP contribution < -0.4 is 10.2 Å². The predicted molar refractivity (Wildman–Crippen MR) is 68.8 cm³/mol. The Labute approximate surface area is 102 Å². The quantitative estimate of drug-likeness (QED) is 0.799. The Bertz CT molecular complexity index is 362. The Balaban J connectivity index is 0.00000128. The SMILES string of the molecule is CC(=O)c1cccc(N2CCNCC2)c1.Cl. The number of ketones is 1. The van der Waals surface area contributed by atoms with Crippen molar-refractivity contribution in [2.45, 2.75) is 6.92 Å². The van der Waals surface area contributed by atoms with Gasteiger partial charge in [0.1, 0.15) is 0 Å². The van der Waals surface area contributed by atoms with E-state index in [0.717, 1.165) is 37.4 Å². The zero-order valence-corrected chi connectivity index (χ0v) is 10.2. The molecule has 1 aliphatic heterocycles. The van der Waals surface area contributed by atoms with Crippen LogP contribution in [0.4, 0.5) is 5.69 Å². The fraction of sp³-hybridized carbons (Fsp3) is 0.417. The van der Waals surface area contributed by atoms with Crippen LogP contribution in [0.5, 0.6) is 0 Å². The molecule has 0 aromatic heterocycles. The lowest BCUT2D eigenvalue weighted by molar-refractivity contribution is 0.101. The number of nitrogens with zero attached hydrogens (tertiary/aromatic N) is 1. The summed E-state index contributed by atoms with van der Waals surface area (Å²) in [5.41, 5.74) is 1.95. The van der Waals surface area contributed by atoms with Gasteiger partial charge in [0.25, 0.3) is 0 Å². The van der Waals surface area contributed by atoms with Gasteiger partial charge in [-0.3, -0.25) is 4.79 Å². The molecule has 0 saturated carbocycles. The van der Waals surface area contributed by atoms with Gasteiger partial charge in [0.15, 0.2) is 5.78 Å². The van der Waals surface area contributed by atoms with E-state index in [1.807, 2.05) is 18.2 Å². The zero-order chi connectivity index (χ0) is 10.7. The van der Waals surface area contributed by atoms with Crippen LogP contribution >= 0.6 is 12.4 Å². The van der Waals surface area contributed by atoms with Crippen LogP contribution in [0.1, 0.15) is 17.3 Å². The molecule has 1 heterocycles. The molecule has 16 heavy (non-hydrogen) atoms. The fourth-order valence-electron chi connectivity index (χ4n) is 1.84. The molecule has 1 aliphatic rings. The summed E-state index contributed by atoms with van der Waals surface area (Å²) in [7, 11) is 0. The summed E-state index contributed by atoms with van der Waals surface area (Å²) in [6.07, 6.45) is 0. The number of piperazine rings is 1. The van der Waals surface area contributed by atoms with Gasteiger partial charge in [0.05, 0.1) is 0 Å². The van der Waals surface area contributed by atoms with Crippen molar-refractivity contribution in [3.8, 4) is 0 Å². The van der Waals surface area contributed by atoms with E-state index in [1.165, 1.54) is 0 Å². The van der Waals surface area contributed by atoms with Crippen LogP contribution in [0.3, 0.4) is 0 Å². The van der Waals surface area contributed by atoms with Crippen LogP contribution in [0, 0.1) is 0 Å². The van der Waals surface area contributed by atoms with Crippen molar-refractivity contribution < 1.29 is 4.79 Å². The maximum absolute atomic E-state index is 11.2. The molecule has 1 aromatic rings. The van der Waals surface area contributed by atoms with Crippen LogP contribution in [0.25, 0.3) is 0 Å². The second-order valence-corrected chi connectivity index (χ2v) is 3.84. The molecule has 1 saturated heterocycles. The summed E-state index contributed by atoms with van der Waals surface area (Å²) in [5, 5.41) is 3.31. The maximum atomic E-state index is 11.2. The number of anilines is 1. The maximum Gasteiger partial charge on any atom is 0.159 e. The van der Waals surface area contributed by atoms with Gasteiger partial charge in [-0.25, -0.2) is 0 Å². The highest BCUT2D eigenvalue weighted by atomic mass is 35.5. The van der Waals surface area contributed by atoms with Crippen molar-refractivity contribution in [2.24, 2.45) is 0 Å². The van der Waals surface area contributed by atoms with Gasteiger partial charge in [0.2, 0.25) is 0 Å².